The number of fused-ring (bicyclic) bond motifs is 21. The highest BCUT2D eigenvalue weighted by Gasteiger charge is 2.18. The number of rotatable bonds is 7. The van der Waals surface area contributed by atoms with Crippen LogP contribution in [0.15, 0.2) is 467 Å². The molecule has 0 N–H and O–H groups in total. The molecule has 0 saturated heterocycles. The molecule has 0 bridgehead atoms. The highest BCUT2D eigenvalue weighted by molar-refractivity contribution is 7.28. The van der Waals surface area contributed by atoms with Crippen molar-refractivity contribution < 1.29 is 0 Å². The molecule has 7 heterocycles. The summed E-state index contributed by atoms with van der Waals surface area (Å²) in [5.41, 5.74) is 27.6. The molecule has 21 aromatic carbocycles. The summed E-state index contributed by atoms with van der Waals surface area (Å²) in [5.74, 6) is 0. The van der Waals surface area contributed by atoms with Crippen LogP contribution in [0.2, 0.25) is 0 Å². The Kier molecular flexibility index (Phi) is 26.0. The van der Waals surface area contributed by atoms with Gasteiger partial charge in [-0.15, -0.1) is 79.4 Å². The van der Waals surface area contributed by atoms with E-state index in [1.54, 1.807) is 0 Å². The smallest absolute Gasteiger partial charge is 0.0433 e. The van der Waals surface area contributed by atoms with Crippen molar-refractivity contribution >= 4 is 221 Å². The zero-order chi connectivity index (χ0) is 94.7. The van der Waals surface area contributed by atoms with Crippen molar-refractivity contribution in [2.24, 2.45) is 0 Å². The van der Waals surface area contributed by atoms with Gasteiger partial charge in [0.1, 0.15) is 0 Å². The molecule has 0 unspecified atom stereocenters. The summed E-state index contributed by atoms with van der Waals surface area (Å²) in [4.78, 5) is 0. The van der Waals surface area contributed by atoms with Crippen LogP contribution in [0.25, 0.3) is 219 Å². The van der Waals surface area contributed by atoms with E-state index in [2.05, 4.69) is 516 Å². The molecule has 0 saturated carbocycles. The van der Waals surface area contributed by atoms with Gasteiger partial charge < -0.3 is 0 Å². The van der Waals surface area contributed by atoms with Gasteiger partial charge in [-0.3, -0.25) is 0 Å². The number of benzene rings is 21. The SMILES string of the molecule is Cc1ccc(-c2ccc3c(c2)sc2ccccc23)cc1.Cc1ccc(-c2cccc3sc4ccccc4c23)cc1.Cc1cccc(-c2ccc3c(c2)sc2ccccc23)c1.Cc1cccc(-c2cccc3c2sc2ccccc23)c1.Cc1cccc2c1sc1c(-c3ccccc3)cccc12.Cc1ccccc1-c1ccc2c(c1)sc1ccccc12.Cc1ccccc1-c1cccc2c1sc1ccccc12. The predicted octanol–water partition coefficient (Wildman–Crippen LogP) is 42.2. The van der Waals surface area contributed by atoms with Gasteiger partial charge >= 0.3 is 0 Å². The summed E-state index contributed by atoms with van der Waals surface area (Å²) in [5, 5.41) is 19.1. The minimum atomic E-state index is 1.29. The second-order valence-electron chi connectivity index (χ2n) is 36.0. The van der Waals surface area contributed by atoms with E-state index in [-0.39, 0.29) is 0 Å². The lowest BCUT2D eigenvalue weighted by atomic mass is 9.99. The van der Waals surface area contributed by atoms with Crippen molar-refractivity contribution in [2.45, 2.75) is 48.5 Å². The van der Waals surface area contributed by atoms with Crippen LogP contribution in [0.4, 0.5) is 0 Å². The largest absolute Gasteiger partial charge is 0.135 e. The van der Waals surface area contributed by atoms with Crippen LogP contribution >= 0.6 is 79.4 Å². The Morgan fingerprint density at radius 3 is 0.921 bits per heavy atom. The van der Waals surface area contributed by atoms with Crippen LogP contribution in [0.1, 0.15) is 38.9 Å². The number of hydrogen-bond donors (Lipinski definition) is 0. The topological polar surface area (TPSA) is 0 Å². The second-order valence-corrected chi connectivity index (χ2v) is 43.4. The van der Waals surface area contributed by atoms with Gasteiger partial charge in [0.2, 0.25) is 0 Å². The van der Waals surface area contributed by atoms with E-state index in [1.165, 1.54) is 258 Å². The van der Waals surface area contributed by atoms with Crippen LogP contribution in [0.5, 0.6) is 0 Å². The standard InChI is InChI=1S/7C19H14S/c1-13-6-4-7-14(12-13)15-9-5-10-17-16-8-2-3-11-18(16)20-19(15)17;1-13-7-2-3-8-14(13)16-10-6-11-17-15-9-4-5-12-18(15)20-19(16)17;1-13-5-4-6-14(11-13)15-9-10-17-16-7-2-3-8-18(16)20-19(17)12-15;1-13-6-2-3-7-15(13)14-10-11-17-16-8-4-5-9-18(16)20-19(17)12-14;1-13-9-11-14(12-10-13)15-6-4-8-18-19(15)16-5-2-3-7-17(16)20-18;1-13-7-5-11-16-17-12-6-10-15(19(17)20-18(13)16)14-8-3-2-4-9-14;1-13-6-8-14(9-7-13)15-10-11-17-16-4-2-3-5-18(16)20-19(17)12-15/h7*2-12H,1H3. The minimum absolute atomic E-state index is 1.29. The molecule has 7 aromatic heterocycles. The lowest BCUT2D eigenvalue weighted by molar-refractivity contribution is 1.46. The van der Waals surface area contributed by atoms with Gasteiger partial charge in [0, 0.05) is 141 Å². The summed E-state index contributed by atoms with van der Waals surface area (Å²) < 4.78 is 19.2. The number of aryl methyl sites for hydroxylation is 7. The second kappa shape index (κ2) is 40.3. The summed E-state index contributed by atoms with van der Waals surface area (Å²) in [6, 6.07) is 168. The van der Waals surface area contributed by atoms with E-state index in [1.807, 2.05) is 79.4 Å². The van der Waals surface area contributed by atoms with Gasteiger partial charge in [-0.25, -0.2) is 0 Å². The molecule has 0 atom stereocenters. The predicted molar refractivity (Wildman–Crippen MR) is 627 cm³/mol. The van der Waals surface area contributed by atoms with E-state index >= 15 is 0 Å². The third kappa shape index (κ3) is 18.6. The Morgan fingerprint density at radius 1 is 0.121 bits per heavy atom. The lowest BCUT2D eigenvalue weighted by Gasteiger charge is -2.06. The molecule has 0 aliphatic rings. The molecular formula is C133H98S7. The molecule has 0 radical (unpaired) electrons. The summed E-state index contributed by atoms with van der Waals surface area (Å²) in [6.45, 7) is 15.1. The van der Waals surface area contributed by atoms with Gasteiger partial charge in [0.15, 0.2) is 0 Å². The Balaban J connectivity index is 0.0000000939. The van der Waals surface area contributed by atoms with Crippen molar-refractivity contribution in [2.75, 3.05) is 0 Å². The normalized spacial score (nSPS) is 11.2. The molecule has 672 valence electrons. The van der Waals surface area contributed by atoms with Crippen LogP contribution in [0, 0.1) is 48.5 Å². The van der Waals surface area contributed by atoms with Crippen LogP contribution in [-0.2, 0) is 0 Å². The van der Waals surface area contributed by atoms with Crippen molar-refractivity contribution in [1.29, 1.82) is 0 Å². The monoisotopic (exact) mass is 1920 g/mol. The average molecular weight is 1920 g/mol. The van der Waals surface area contributed by atoms with Crippen molar-refractivity contribution in [3.05, 3.63) is 506 Å². The molecule has 0 aliphatic heterocycles. The maximum absolute atomic E-state index is 2.32. The van der Waals surface area contributed by atoms with Gasteiger partial charge in [0.05, 0.1) is 0 Å². The first kappa shape index (κ1) is 90.3. The molecule has 0 fully saturated rings. The van der Waals surface area contributed by atoms with E-state index < -0.39 is 0 Å². The molecule has 28 rings (SSSR count). The first-order valence-electron chi connectivity index (χ1n) is 47.6. The molecular weight excluding hydrogens is 1820 g/mol. The average Bonchev–Trinajstić information content (AvgIpc) is 1.97. The third-order valence-corrected chi connectivity index (χ3v) is 34.8. The molecule has 0 nitrogen and oxygen atoms in total. The molecule has 28 aromatic rings. The van der Waals surface area contributed by atoms with Crippen molar-refractivity contribution in [3.8, 4) is 77.9 Å². The minimum Gasteiger partial charge on any atom is -0.135 e. The van der Waals surface area contributed by atoms with Gasteiger partial charge in [-0.1, -0.05) is 429 Å². The van der Waals surface area contributed by atoms with E-state index in [9.17, 15) is 0 Å². The fourth-order valence-corrected chi connectivity index (χ4v) is 27.7. The van der Waals surface area contributed by atoms with Gasteiger partial charge in [-0.05, 0) is 204 Å². The Bertz CT molecular complexity index is 9410. The summed E-state index contributed by atoms with van der Waals surface area (Å²) in [7, 11) is 0. The van der Waals surface area contributed by atoms with Crippen LogP contribution in [-0.4, -0.2) is 0 Å². The van der Waals surface area contributed by atoms with E-state index in [0.29, 0.717) is 0 Å². The fourth-order valence-electron chi connectivity index (χ4n) is 19.3. The molecule has 7 heteroatoms. The highest BCUT2D eigenvalue weighted by atomic mass is 32.1. The quantitative estimate of drug-likeness (QED) is 0.149. The molecule has 140 heavy (non-hydrogen) atoms. The maximum atomic E-state index is 2.32. The number of hydrogen-bond acceptors (Lipinski definition) is 7. The summed E-state index contributed by atoms with van der Waals surface area (Å²) in [6.07, 6.45) is 0. The van der Waals surface area contributed by atoms with E-state index in [0.717, 1.165) is 0 Å². The molecule has 0 aliphatic carbocycles. The van der Waals surface area contributed by atoms with Gasteiger partial charge in [0.25, 0.3) is 0 Å². The third-order valence-electron chi connectivity index (χ3n) is 26.5. The zero-order valence-corrected chi connectivity index (χ0v) is 84.5. The Hall–Kier alpha value is -14.8. The van der Waals surface area contributed by atoms with Crippen molar-refractivity contribution in [1.82, 2.24) is 0 Å². The lowest BCUT2D eigenvalue weighted by Crippen LogP contribution is -1.82. The van der Waals surface area contributed by atoms with Crippen LogP contribution < -0.4 is 0 Å². The Morgan fingerprint density at radius 2 is 0.400 bits per heavy atom. The van der Waals surface area contributed by atoms with Gasteiger partial charge in [-0.2, -0.15) is 0 Å². The summed E-state index contributed by atoms with van der Waals surface area (Å²) >= 11 is 13.2. The highest BCUT2D eigenvalue weighted by Crippen LogP contribution is 2.48. The number of thiophene rings is 7. The van der Waals surface area contributed by atoms with Crippen molar-refractivity contribution in [3.63, 3.8) is 0 Å². The Labute approximate surface area is 845 Å². The molecule has 0 spiro atoms. The first-order chi connectivity index (χ1) is 68.8. The maximum Gasteiger partial charge on any atom is 0.0433 e. The first-order valence-corrected chi connectivity index (χ1v) is 53.3. The fraction of sp³-hybridized carbons (Fsp3) is 0.0526. The van der Waals surface area contributed by atoms with Crippen LogP contribution in [0.3, 0.4) is 0 Å². The van der Waals surface area contributed by atoms with E-state index in [4.69, 9.17) is 0 Å². The molecule has 0 amide bonds. The zero-order valence-electron chi connectivity index (χ0n) is 78.8.